The summed E-state index contributed by atoms with van der Waals surface area (Å²) in [6, 6.07) is 13.5. The van der Waals surface area contributed by atoms with Crippen LogP contribution >= 0.6 is 11.8 Å². The van der Waals surface area contributed by atoms with Crippen LogP contribution in [0.4, 0.5) is 14.5 Å². The number of carbonyl (C=O) groups excluding carboxylic acids is 2. The first-order chi connectivity index (χ1) is 13.5. The second-order valence-corrected chi connectivity index (χ2v) is 7.39. The quantitative estimate of drug-likeness (QED) is 0.711. The Kier molecular flexibility index (Phi) is 6.51. The minimum atomic E-state index is -2.60. The van der Waals surface area contributed by atoms with Crippen molar-refractivity contribution in [2.75, 3.05) is 25.1 Å². The number of carbonyl (C=O) groups is 2. The number of ether oxygens (including phenoxy) is 1. The summed E-state index contributed by atoms with van der Waals surface area (Å²) in [4.78, 5) is 26.7. The molecule has 8 heteroatoms. The summed E-state index contributed by atoms with van der Waals surface area (Å²) in [5.41, 5.74) is 0.988. The maximum Gasteiger partial charge on any atom is 0.288 e. The summed E-state index contributed by atoms with van der Waals surface area (Å²) in [5, 5.41) is 2.77. The van der Waals surface area contributed by atoms with Crippen LogP contribution in [0.15, 0.2) is 53.4 Å². The largest absolute Gasteiger partial charge is 0.497 e. The summed E-state index contributed by atoms with van der Waals surface area (Å²) < 4.78 is 30.5. The Bertz CT molecular complexity index is 846. The van der Waals surface area contributed by atoms with Gasteiger partial charge in [-0.25, -0.2) is 0 Å². The first-order valence-corrected chi connectivity index (χ1v) is 9.62. The monoisotopic (exact) mass is 406 g/mol. The summed E-state index contributed by atoms with van der Waals surface area (Å²) >= 11 is 0.346. The molecule has 0 radical (unpaired) electrons. The highest BCUT2D eigenvalue weighted by Gasteiger charge is 2.31. The fourth-order valence-corrected chi connectivity index (χ4v) is 3.75. The fraction of sp³-hybridized carbons (Fsp3) is 0.300. The molecule has 0 spiro atoms. The highest BCUT2D eigenvalue weighted by molar-refractivity contribution is 7.99. The average molecular weight is 406 g/mol. The van der Waals surface area contributed by atoms with Crippen LogP contribution in [0.25, 0.3) is 0 Å². The van der Waals surface area contributed by atoms with E-state index in [4.69, 9.17) is 4.74 Å². The summed E-state index contributed by atoms with van der Waals surface area (Å²) in [6.45, 7) is 0.782. The molecular formula is C20H20F2N2O3S. The van der Waals surface area contributed by atoms with Crippen molar-refractivity contribution in [3.63, 3.8) is 0 Å². The maximum absolute atomic E-state index is 12.7. The number of halogens is 2. The molecule has 1 saturated heterocycles. The molecule has 1 unspecified atom stereocenters. The van der Waals surface area contributed by atoms with Crippen molar-refractivity contribution in [2.45, 2.75) is 17.1 Å². The van der Waals surface area contributed by atoms with Crippen LogP contribution < -0.4 is 15.0 Å². The Morgan fingerprint density at radius 3 is 2.64 bits per heavy atom. The molecule has 1 atom stereocenters. The van der Waals surface area contributed by atoms with Crippen molar-refractivity contribution in [1.29, 1.82) is 0 Å². The number of benzene rings is 2. The Hall–Kier alpha value is -2.61. The van der Waals surface area contributed by atoms with Gasteiger partial charge in [-0.3, -0.25) is 9.59 Å². The third kappa shape index (κ3) is 4.81. The van der Waals surface area contributed by atoms with Crippen molar-refractivity contribution >= 4 is 29.3 Å². The lowest BCUT2D eigenvalue weighted by molar-refractivity contribution is -0.117. The normalized spacial score (nSPS) is 16.5. The van der Waals surface area contributed by atoms with E-state index >= 15 is 0 Å². The molecule has 5 nitrogen and oxygen atoms in total. The Labute approximate surface area is 166 Å². The molecule has 1 fully saturated rings. The van der Waals surface area contributed by atoms with Crippen molar-refractivity contribution in [2.24, 2.45) is 5.92 Å². The molecule has 1 heterocycles. The summed E-state index contributed by atoms with van der Waals surface area (Å²) in [5.74, 6) is -2.37. The van der Waals surface area contributed by atoms with Crippen LogP contribution in [0.3, 0.4) is 0 Å². The van der Waals surface area contributed by atoms with E-state index in [2.05, 4.69) is 5.32 Å². The molecule has 2 amide bonds. The Morgan fingerprint density at radius 1 is 1.25 bits per heavy atom. The van der Waals surface area contributed by atoms with E-state index in [1.807, 2.05) is 12.1 Å². The van der Waals surface area contributed by atoms with Gasteiger partial charge in [0.25, 0.3) is 11.7 Å². The summed E-state index contributed by atoms with van der Waals surface area (Å²) in [6.07, 6.45) is 0.319. The molecule has 148 valence electrons. The Balaban J connectivity index is 1.59. The smallest absolute Gasteiger partial charge is 0.288 e. The number of rotatable bonds is 7. The van der Waals surface area contributed by atoms with E-state index in [0.717, 1.165) is 5.69 Å². The van der Waals surface area contributed by atoms with Gasteiger partial charge in [0.2, 0.25) is 5.91 Å². The third-order valence-corrected chi connectivity index (χ3v) is 5.28. The first kappa shape index (κ1) is 20.1. The molecule has 1 aliphatic rings. The highest BCUT2D eigenvalue weighted by Crippen LogP contribution is 2.29. The van der Waals surface area contributed by atoms with E-state index in [-0.39, 0.29) is 22.3 Å². The van der Waals surface area contributed by atoms with Gasteiger partial charge in [-0.1, -0.05) is 23.9 Å². The van der Waals surface area contributed by atoms with Crippen molar-refractivity contribution in [3.05, 3.63) is 54.1 Å². The molecule has 2 aromatic carbocycles. The van der Waals surface area contributed by atoms with Gasteiger partial charge in [-0.2, -0.15) is 8.78 Å². The lowest BCUT2D eigenvalue weighted by atomic mass is 10.1. The molecule has 0 aliphatic carbocycles. The number of amides is 2. The van der Waals surface area contributed by atoms with Crippen molar-refractivity contribution < 1.29 is 23.1 Å². The number of nitrogens with zero attached hydrogens (tertiary/aromatic N) is 1. The highest BCUT2D eigenvalue weighted by atomic mass is 32.2. The van der Waals surface area contributed by atoms with Crippen LogP contribution in [-0.4, -0.2) is 37.8 Å². The van der Waals surface area contributed by atoms with Gasteiger partial charge in [-0.15, -0.1) is 0 Å². The maximum atomic E-state index is 12.7. The van der Waals surface area contributed by atoms with Crippen LogP contribution in [0.5, 0.6) is 5.75 Å². The van der Waals surface area contributed by atoms with Gasteiger partial charge < -0.3 is 15.0 Å². The second-order valence-electron chi connectivity index (χ2n) is 6.36. The third-order valence-electron chi connectivity index (χ3n) is 4.49. The van der Waals surface area contributed by atoms with E-state index in [1.54, 1.807) is 36.3 Å². The number of thioether (sulfide) groups is 1. The molecule has 0 aromatic heterocycles. The van der Waals surface area contributed by atoms with Gasteiger partial charge in [0.15, 0.2) is 0 Å². The van der Waals surface area contributed by atoms with E-state index in [1.165, 1.54) is 12.1 Å². The predicted octanol–water partition coefficient (Wildman–Crippen LogP) is 3.79. The fourth-order valence-electron chi connectivity index (χ4n) is 3.12. The average Bonchev–Trinajstić information content (AvgIpc) is 3.07. The molecular weight excluding hydrogens is 386 g/mol. The Morgan fingerprint density at radius 2 is 1.96 bits per heavy atom. The minimum absolute atomic E-state index is 0.0157. The van der Waals surface area contributed by atoms with Gasteiger partial charge in [0.1, 0.15) is 5.75 Å². The van der Waals surface area contributed by atoms with E-state index in [9.17, 15) is 18.4 Å². The molecule has 1 aliphatic heterocycles. The SMILES string of the molecule is COc1ccc(N2CC(CNC(=O)c3ccccc3SC(F)F)CC2=O)cc1. The van der Waals surface area contributed by atoms with Crippen LogP contribution in [0.2, 0.25) is 0 Å². The van der Waals surface area contributed by atoms with E-state index < -0.39 is 11.7 Å². The number of methoxy groups -OCH3 is 1. The zero-order valence-corrected chi connectivity index (χ0v) is 16.0. The minimum Gasteiger partial charge on any atom is -0.497 e. The lowest BCUT2D eigenvalue weighted by Gasteiger charge is -2.17. The van der Waals surface area contributed by atoms with Gasteiger partial charge in [0.05, 0.1) is 12.7 Å². The topological polar surface area (TPSA) is 58.6 Å². The second kappa shape index (κ2) is 9.05. The first-order valence-electron chi connectivity index (χ1n) is 8.74. The van der Waals surface area contributed by atoms with E-state index in [0.29, 0.717) is 37.0 Å². The van der Waals surface area contributed by atoms with Gasteiger partial charge in [0, 0.05) is 36.0 Å². The lowest BCUT2D eigenvalue weighted by Crippen LogP contribution is -2.31. The number of hydrogen-bond acceptors (Lipinski definition) is 4. The van der Waals surface area contributed by atoms with Crippen molar-refractivity contribution in [3.8, 4) is 5.75 Å². The van der Waals surface area contributed by atoms with Gasteiger partial charge >= 0.3 is 0 Å². The van der Waals surface area contributed by atoms with Crippen LogP contribution in [-0.2, 0) is 4.79 Å². The molecule has 0 saturated carbocycles. The van der Waals surface area contributed by atoms with Gasteiger partial charge in [-0.05, 0) is 36.4 Å². The van der Waals surface area contributed by atoms with Crippen LogP contribution in [0.1, 0.15) is 16.8 Å². The number of hydrogen-bond donors (Lipinski definition) is 1. The molecule has 3 rings (SSSR count). The zero-order valence-electron chi connectivity index (χ0n) is 15.2. The molecule has 1 N–H and O–H groups in total. The molecule has 0 bridgehead atoms. The molecule has 28 heavy (non-hydrogen) atoms. The number of anilines is 1. The number of alkyl halides is 2. The molecule has 2 aromatic rings. The van der Waals surface area contributed by atoms with Crippen molar-refractivity contribution in [1.82, 2.24) is 5.32 Å². The standard InChI is InChI=1S/C20H20F2N2O3S/c1-27-15-8-6-14(7-9-15)24-12-13(10-18(24)25)11-23-19(26)16-4-2-3-5-17(16)28-20(21)22/h2-9,13,20H,10-12H2,1H3,(H,23,26). The predicted molar refractivity (Wildman–Crippen MR) is 104 cm³/mol. The van der Waals surface area contributed by atoms with Crippen LogP contribution in [0, 0.1) is 5.92 Å². The number of nitrogens with one attached hydrogen (secondary N) is 1. The summed E-state index contributed by atoms with van der Waals surface area (Å²) in [7, 11) is 1.58. The zero-order chi connectivity index (χ0) is 20.1.